The Labute approximate surface area is 165 Å². The predicted molar refractivity (Wildman–Crippen MR) is 108 cm³/mol. The zero-order valence-corrected chi connectivity index (χ0v) is 16.7. The molecule has 0 radical (unpaired) electrons. The van der Waals surface area contributed by atoms with Crippen LogP contribution in [0.5, 0.6) is 0 Å². The number of nitrogens with zero attached hydrogens (tertiary/aromatic N) is 1. The number of nitrogens with one attached hydrogen (secondary N) is 2. The molecular weight excluding hydrogens is 402 g/mol. The lowest BCUT2D eigenvalue weighted by Crippen LogP contribution is -2.21. The van der Waals surface area contributed by atoms with Crippen molar-refractivity contribution in [2.24, 2.45) is 0 Å². The van der Waals surface area contributed by atoms with Gasteiger partial charge >= 0.3 is 12.0 Å². The molecule has 0 spiro atoms. The Morgan fingerprint density at radius 3 is 2.61 bits per heavy atom. The Morgan fingerprint density at radius 2 is 1.89 bits per heavy atom. The highest BCUT2D eigenvalue weighted by Crippen LogP contribution is 2.28. The van der Waals surface area contributed by atoms with Crippen LogP contribution in [0.15, 0.2) is 47.4 Å². The molecule has 0 aliphatic heterocycles. The Morgan fingerprint density at radius 1 is 1.14 bits per heavy atom. The first-order valence-corrected chi connectivity index (χ1v) is 10.9. The monoisotopic (exact) mass is 419 g/mol. The number of anilines is 2. The van der Waals surface area contributed by atoms with Crippen LogP contribution in [-0.2, 0) is 14.6 Å². The van der Waals surface area contributed by atoms with Crippen LogP contribution in [0.1, 0.15) is 17.3 Å². The number of carbonyl (C=O) groups excluding carboxylic acids is 2. The number of thiazole rings is 1. The van der Waals surface area contributed by atoms with Crippen molar-refractivity contribution >= 4 is 54.2 Å². The maximum Gasteiger partial charge on any atom is 0.340 e. The third-order valence-electron chi connectivity index (χ3n) is 3.68. The lowest BCUT2D eigenvalue weighted by molar-refractivity contribution is 0.0527. The van der Waals surface area contributed by atoms with Crippen LogP contribution >= 0.6 is 11.3 Å². The highest BCUT2D eigenvalue weighted by atomic mass is 32.2. The van der Waals surface area contributed by atoms with Crippen LogP contribution in [0.2, 0.25) is 0 Å². The highest BCUT2D eigenvalue weighted by Gasteiger charge is 2.15. The van der Waals surface area contributed by atoms with E-state index in [4.69, 9.17) is 4.74 Å². The minimum absolute atomic E-state index is 0.183. The Hall–Kier alpha value is -2.98. The summed E-state index contributed by atoms with van der Waals surface area (Å²) in [6.45, 7) is 1.92. The van der Waals surface area contributed by atoms with E-state index in [9.17, 15) is 18.0 Å². The summed E-state index contributed by atoms with van der Waals surface area (Å²) in [6, 6.07) is 10.5. The molecule has 0 aliphatic carbocycles. The number of fused-ring (bicyclic) bond motifs is 1. The van der Waals surface area contributed by atoms with Crippen LogP contribution in [-0.4, -0.2) is 38.3 Å². The first-order valence-electron chi connectivity index (χ1n) is 8.22. The van der Waals surface area contributed by atoms with Crippen molar-refractivity contribution < 1.29 is 22.7 Å². The van der Waals surface area contributed by atoms with E-state index in [2.05, 4.69) is 15.6 Å². The molecule has 1 heterocycles. The van der Waals surface area contributed by atoms with Crippen molar-refractivity contribution in [3.63, 3.8) is 0 Å². The number of para-hydroxylation sites is 1. The fourth-order valence-electron chi connectivity index (χ4n) is 2.42. The second-order valence-electron chi connectivity index (χ2n) is 5.77. The van der Waals surface area contributed by atoms with Gasteiger partial charge in [0.1, 0.15) is 0 Å². The van der Waals surface area contributed by atoms with E-state index in [0.717, 1.165) is 17.6 Å². The predicted octanol–water partition coefficient (Wildman–Crippen LogP) is 3.52. The van der Waals surface area contributed by atoms with Crippen LogP contribution < -0.4 is 10.6 Å². The molecule has 0 unspecified atom stereocenters. The number of urea groups is 1. The standard InChI is InChI=1S/C18H17N3O5S2/c1-3-26-16(22)12-6-4-5-7-13(12)19-17(23)21-18-20-14-9-8-11(28(2,24)25)10-15(14)27-18/h4-10H,3H2,1-2H3,(H2,19,20,21,23). The van der Waals surface area contributed by atoms with Crippen LogP contribution in [0.4, 0.5) is 15.6 Å². The summed E-state index contributed by atoms with van der Waals surface area (Å²) in [4.78, 5) is 28.7. The summed E-state index contributed by atoms with van der Waals surface area (Å²) in [5.74, 6) is -0.535. The summed E-state index contributed by atoms with van der Waals surface area (Å²) in [6.07, 6.45) is 1.13. The summed E-state index contributed by atoms with van der Waals surface area (Å²) in [5.41, 5.74) is 1.11. The zero-order valence-electron chi connectivity index (χ0n) is 15.1. The van der Waals surface area contributed by atoms with Gasteiger partial charge in [-0.2, -0.15) is 0 Å². The summed E-state index contributed by atoms with van der Waals surface area (Å²) in [7, 11) is -3.33. The first-order chi connectivity index (χ1) is 13.3. The van der Waals surface area contributed by atoms with Gasteiger partial charge in [0, 0.05) is 6.26 Å². The van der Waals surface area contributed by atoms with E-state index >= 15 is 0 Å². The molecule has 0 saturated heterocycles. The van der Waals surface area contributed by atoms with Crippen molar-refractivity contribution in [3.05, 3.63) is 48.0 Å². The van der Waals surface area contributed by atoms with E-state index < -0.39 is 21.8 Å². The van der Waals surface area contributed by atoms with Crippen LogP contribution in [0.25, 0.3) is 10.2 Å². The van der Waals surface area contributed by atoms with Crippen LogP contribution in [0, 0.1) is 0 Å². The number of hydrogen-bond acceptors (Lipinski definition) is 7. The Kier molecular flexibility index (Phi) is 5.61. The van der Waals surface area contributed by atoms with Gasteiger partial charge in [-0.3, -0.25) is 5.32 Å². The molecule has 2 N–H and O–H groups in total. The lowest BCUT2D eigenvalue weighted by Gasteiger charge is -2.10. The Balaban J connectivity index is 1.78. The molecule has 3 aromatic rings. The second kappa shape index (κ2) is 7.95. The van der Waals surface area contributed by atoms with Gasteiger partial charge in [-0.25, -0.2) is 23.0 Å². The molecule has 2 amide bonds. The van der Waals surface area contributed by atoms with Gasteiger partial charge in [0.2, 0.25) is 0 Å². The molecule has 2 aromatic carbocycles. The Bertz CT molecular complexity index is 1150. The fourth-order valence-corrected chi connectivity index (χ4v) is 4.04. The number of carbonyl (C=O) groups is 2. The number of amides is 2. The average Bonchev–Trinajstić information content (AvgIpc) is 3.02. The van der Waals surface area contributed by atoms with Gasteiger partial charge in [-0.15, -0.1) is 0 Å². The molecule has 8 nitrogen and oxygen atoms in total. The minimum Gasteiger partial charge on any atom is -0.462 e. The number of hydrogen-bond donors (Lipinski definition) is 2. The zero-order chi connectivity index (χ0) is 20.3. The van der Waals surface area contributed by atoms with E-state index in [-0.39, 0.29) is 17.1 Å². The van der Waals surface area contributed by atoms with Crippen molar-refractivity contribution in [1.82, 2.24) is 4.98 Å². The lowest BCUT2D eigenvalue weighted by atomic mass is 10.2. The molecule has 0 saturated carbocycles. The van der Waals surface area contributed by atoms with Crippen molar-refractivity contribution in [2.45, 2.75) is 11.8 Å². The maximum atomic E-state index is 12.3. The van der Waals surface area contributed by atoms with E-state index in [1.54, 1.807) is 37.3 Å². The molecule has 28 heavy (non-hydrogen) atoms. The second-order valence-corrected chi connectivity index (χ2v) is 8.81. The molecule has 0 bridgehead atoms. The van der Waals surface area contributed by atoms with Gasteiger partial charge in [0.25, 0.3) is 0 Å². The van der Waals surface area contributed by atoms with E-state index in [0.29, 0.717) is 21.0 Å². The molecule has 0 aliphatic rings. The molecule has 0 atom stereocenters. The maximum absolute atomic E-state index is 12.3. The number of sulfone groups is 1. The number of rotatable bonds is 5. The molecule has 3 rings (SSSR count). The summed E-state index contributed by atoms with van der Waals surface area (Å²) < 4.78 is 28.9. The molecule has 0 fully saturated rings. The van der Waals surface area contributed by atoms with Gasteiger partial charge in [-0.1, -0.05) is 23.5 Å². The summed E-state index contributed by atoms with van der Waals surface area (Å²) >= 11 is 1.15. The number of aromatic nitrogens is 1. The first kappa shape index (κ1) is 19.8. The number of ether oxygens (including phenoxy) is 1. The molecule has 146 valence electrons. The molecule has 1 aromatic heterocycles. The van der Waals surface area contributed by atoms with Gasteiger partial charge in [0.05, 0.1) is 33.0 Å². The molecule has 10 heteroatoms. The van der Waals surface area contributed by atoms with Crippen molar-refractivity contribution in [1.29, 1.82) is 0 Å². The third-order valence-corrected chi connectivity index (χ3v) is 5.72. The smallest absolute Gasteiger partial charge is 0.340 e. The third kappa shape index (κ3) is 4.46. The quantitative estimate of drug-likeness (QED) is 0.612. The normalized spacial score (nSPS) is 11.2. The van der Waals surface area contributed by atoms with Crippen molar-refractivity contribution in [3.8, 4) is 0 Å². The topological polar surface area (TPSA) is 114 Å². The average molecular weight is 419 g/mol. The number of benzene rings is 2. The van der Waals surface area contributed by atoms with E-state index in [1.807, 2.05) is 0 Å². The minimum atomic E-state index is -3.33. The highest BCUT2D eigenvalue weighted by molar-refractivity contribution is 7.90. The number of esters is 1. The van der Waals surface area contributed by atoms with Gasteiger partial charge < -0.3 is 10.1 Å². The summed E-state index contributed by atoms with van der Waals surface area (Å²) in [5, 5.41) is 5.49. The van der Waals surface area contributed by atoms with Gasteiger partial charge in [0.15, 0.2) is 15.0 Å². The molecular formula is C18H17N3O5S2. The largest absolute Gasteiger partial charge is 0.462 e. The van der Waals surface area contributed by atoms with Crippen LogP contribution in [0.3, 0.4) is 0 Å². The van der Waals surface area contributed by atoms with Gasteiger partial charge in [-0.05, 0) is 37.3 Å². The SMILES string of the molecule is CCOC(=O)c1ccccc1NC(=O)Nc1nc2ccc(S(C)(=O)=O)cc2s1. The fraction of sp³-hybridized carbons (Fsp3) is 0.167. The van der Waals surface area contributed by atoms with E-state index in [1.165, 1.54) is 12.1 Å². The van der Waals surface area contributed by atoms with Crippen molar-refractivity contribution in [2.75, 3.05) is 23.5 Å².